The van der Waals surface area contributed by atoms with Gasteiger partial charge in [-0.1, -0.05) is 0 Å². The van der Waals surface area contributed by atoms with Gasteiger partial charge in [0.1, 0.15) is 0 Å². The molecule has 0 atom stereocenters. The van der Waals surface area contributed by atoms with Crippen molar-refractivity contribution in [2.24, 2.45) is 27.2 Å². The molecule has 0 saturated carbocycles. The first kappa shape index (κ1) is 15.4. The van der Waals surface area contributed by atoms with Gasteiger partial charge in [0.2, 0.25) is 11.9 Å². The number of hydrogen-bond donors (Lipinski definition) is 4. The molecule has 0 fully saturated rings. The van der Waals surface area contributed by atoms with Crippen LogP contribution >= 0.6 is 0 Å². The third-order valence-corrected chi connectivity index (χ3v) is 3.36. The van der Waals surface area contributed by atoms with E-state index < -0.39 is 15.9 Å². The van der Waals surface area contributed by atoms with Gasteiger partial charge in [-0.3, -0.25) is 4.79 Å². The van der Waals surface area contributed by atoms with Gasteiger partial charge in [0, 0.05) is 6.92 Å². The minimum absolute atomic E-state index is 0.0768. The van der Waals surface area contributed by atoms with Gasteiger partial charge < -0.3 is 17.2 Å². The zero-order valence-corrected chi connectivity index (χ0v) is 11.4. The summed E-state index contributed by atoms with van der Waals surface area (Å²) in [5, 5.41) is 0. The van der Waals surface area contributed by atoms with Gasteiger partial charge in [-0.15, -0.1) is 0 Å². The number of nitrogens with zero attached hydrogens (tertiary/aromatic N) is 2. The Hall–Kier alpha value is -2.62. The highest BCUT2D eigenvalue weighted by atomic mass is 32.2. The molecule has 7 N–H and O–H groups in total. The normalized spacial score (nSPS) is 11.8. The Morgan fingerprint density at radius 1 is 1.15 bits per heavy atom. The van der Waals surface area contributed by atoms with Crippen molar-refractivity contribution in [3.05, 3.63) is 24.3 Å². The number of nitrogens with two attached hydrogens (primary N) is 3. The van der Waals surface area contributed by atoms with Crippen LogP contribution in [0.15, 0.2) is 39.1 Å². The maximum atomic E-state index is 11.7. The van der Waals surface area contributed by atoms with E-state index in [-0.39, 0.29) is 16.8 Å². The largest absolute Gasteiger partial charge is 0.370 e. The predicted octanol–water partition coefficient (Wildman–Crippen LogP) is -1.27. The number of benzene rings is 1. The molecule has 20 heavy (non-hydrogen) atoms. The third kappa shape index (κ3) is 4.57. The first-order chi connectivity index (χ1) is 9.20. The maximum absolute atomic E-state index is 11.7. The summed E-state index contributed by atoms with van der Waals surface area (Å²) in [7, 11) is -3.87. The Balaban J connectivity index is 3.01. The quantitative estimate of drug-likeness (QED) is 0.401. The van der Waals surface area contributed by atoms with Crippen LogP contribution in [-0.2, 0) is 14.8 Å². The van der Waals surface area contributed by atoms with Gasteiger partial charge in [0.25, 0.3) is 10.0 Å². The number of aliphatic imine (C=N–C) groups is 2. The zero-order chi connectivity index (χ0) is 15.3. The third-order valence-electron chi connectivity index (χ3n) is 1.91. The lowest BCUT2D eigenvalue weighted by molar-refractivity contribution is -0.117. The van der Waals surface area contributed by atoms with Crippen molar-refractivity contribution in [3.63, 3.8) is 0 Å². The number of carbonyl (C=O) groups excluding carboxylic acids is 1. The number of guanidine groups is 2. The van der Waals surface area contributed by atoms with E-state index in [1.165, 1.54) is 24.3 Å². The fraction of sp³-hybridized carbons (Fsp3) is 0.100. The van der Waals surface area contributed by atoms with E-state index in [9.17, 15) is 13.2 Å². The van der Waals surface area contributed by atoms with Crippen molar-refractivity contribution >= 4 is 33.5 Å². The molecule has 1 aromatic rings. The van der Waals surface area contributed by atoms with E-state index >= 15 is 0 Å². The first-order valence-corrected chi connectivity index (χ1v) is 6.76. The molecule has 1 aromatic carbocycles. The first-order valence-electron chi connectivity index (χ1n) is 5.28. The van der Waals surface area contributed by atoms with Crippen molar-refractivity contribution in [1.29, 1.82) is 0 Å². The molecule has 0 bridgehead atoms. The second kappa shape index (κ2) is 6.02. The van der Waals surface area contributed by atoms with Crippen molar-refractivity contribution in [1.82, 2.24) is 4.72 Å². The molecule has 0 unspecified atom stereocenters. The number of hydrogen-bond acceptors (Lipinski definition) is 4. The Kier molecular flexibility index (Phi) is 4.64. The lowest BCUT2D eigenvalue weighted by atomic mass is 10.3. The predicted molar refractivity (Wildman–Crippen MR) is 74.5 cm³/mol. The highest BCUT2D eigenvalue weighted by molar-refractivity contribution is 7.90. The summed E-state index contributed by atoms with van der Waals surface area (Å²) >= 11 is 0. The molecule has 10 heteroatoms. The summed E-state index contributed by atoms with van der Waals surface area (Å²) < 4.78 is 25.2. The lowest BCUT2D eigenvalue weighted by Gasteiger charge is -2.04. The molecule has 0 radical (unpaired) electrons. The van der Waals surface area contributed by atoms with Crippen LogP contribution in [0.5, 0.6) is 0 Å². The summed E-state index contributed by atoms with van der Waals surface area (Å²) in [6.07, 6.45) is 0. The van der Waals surface area contributed by atoms with Crippen LogP contribution in [0.4, 0.5) is 5.69 Å². The molecule has 1 rings (SSSR count). The summed E-state index contributed by atoms with van der Waals surface area (Å²) in [4.78, 5) is 18.1. The van der Waals surface area contributed by atoms with Gasteiger partial charge in [-0.2, -0.15) is 4.99 Å². The van der Waals surface area contributed by atoms with Crippen LogP contribution in [0, 0.1) is 0 Å². The number of sulfonamides is 1. The smallest absolute Gasteiger partial charge is 0.264 e. The van der Waals surface area contributed by atoms with Crippen LogP contribution in [-0.4, -0.2) is 26.2 Å². The second-order valence-electron chi connectivity index (χ2n) is 3.66. The van der Waals surface area contributed by atoms with E-state index in [0.717, 1.165) is 6.92 Å². The van der Waals surface area contributed by atoms with Gasteiger partial charge in [-0.25, -0.2) is 18.1 Å². The molecule has 0 aliphatic heterocycles. The number of nitrogens with one attached hydrogen (secondary N) is 1. The second-order valence-corrected chi connectivity index (χ2v) is 5.34. The standard InChI is InChI=1S/C10H14N6O3S/c1-6(17)16-20(18,19)8-4-2-7(3-5-8)14-10(13)15-9(11)12/h2-5H,1H3,(H,16,17)(H6,11,12,13,14,15). The fourth-order valence-electron chi connectivity index (χ4n) is 1.24. The molecular formula is C10H14N6O3S. The molecule has 0 aliphatic carbocycles. The highest BCUT2D eigenvalue weighted by Crippen LogP contribution is 2.16. The molecule has 0 spiro atoms. The minimum atomic E-state index is -3.87. The zero-order valence-electron chi connectivity index (χ0n) is 10.6. The number of rotatable bonds is 3. The SMILES string of the molecule is CC(=O)NS(=O)(=O)c1ccc(N=C(N)N=C(N)N)cc1. The summed E-state index contributed by atoms with van der Waals surface area (Å²) in [6, 6.07) is 5.33. The molecular weight excluding hydrogens is 284 g/mol. The number of amides is 1. The van der Waals surface area contributed by atoms with Gasteiger partial charge in [0.15, 0.2) is 5.96 Å². The molecule has 0 aliphatic rings. The average molecular weight is 298 g/mol. The lowest BCUT2D eigenvalue weighted by Crippen LogP contribution is -2.28. The topological polar surface area (TPSA) is 166 Å². The minimum Gasteiger partial charge on any atom is -0.370 e. The van der Waals surface area contributed by atoms with E-state index in [4.69, 9.17) is 17.2 Å². The monoisotopic (exact) mass is 298 g/mol. The Morgan fingerprint density at radius 2 is 1.70 bits per heavy atom. The summed E-state index contributed by atoms with van der Waals surface area (Å²) in [6.45, 7) is 1.10. The Bertz CT molecular complexity index is 659. The highest BCUT2D eigenvalue weighted by Gasteiger charge is 2.14. The van der Waals surface area contributed by atoms with E-state index in [2.05, 4.69) is 9.98 Å². The van der Waals surface area contributed by atoms with Gasteiger partial charge in [0.05, 0.1) is 10.6 Å². The molecule has 0 aromatic heterocycles. The van der Waals surface area contributed by atoms with E-state index in [1.54, 1.807) is 0 Å². The Labute approximate surface area is 115 Å². The van der Waals surface area contributed by atoms with E-state index in [1.807, 2.05) is 4.72 Å². The average Bonchev–Trinajstić information content (AvgIpc) is 2.26. The van der Waals surface area contributed by atoms with E-state index in [0.29, 0.717) is 5.69 Å². The number of carbonyl (C=O) groups is 1. The van der Waals surface area contributed by atoms with Crippen molar-refractivity contribution < 1.29 is 13.2 Å². The maximum Gasteiger partial charge on any atom is 0.264 e. The van der Waals surface area contributed by atoms with Gasteiger partial charge in [-0.05, 0) is 24.3 Å². The fourth-order valence-corrected chi connectivity index (χ4v) is 2.23. The molecule has 108 valence electrons. The summed E-state index contributed by atoms with van der Waals surface area (Å²) in [5.41, 5.74) is 16.0. The van der Waals surface area contributed by atoms with Crippen LogP contribution < -0.4 is 21.9 Å². The molecule has 1 amide bonds. The van der Waals surface area contributed by atoms with Crippen LogP contribution in [0.2, 0.25) is 0 Å². The summed E-state index contributed by atoms with van der Waals surface area (Å²) in [5.74, 6) is -1.08. The van der Waals surface area contributed by atoms with Gasteiger partial charge >= 0.3 is 0 Å². The molecule has 0 heterocycles. The van der Waals surface area contributed by atoms with Crippen molar-refractivity contribution in [2.75, 3.05) is 0 Å². The van der Waals surface area contributed by atoms with Crippen molar-refractivity contribution in [3.8, 4) is 0 Å². The van der Waals surface area contributed by atoms with Crippen LogP contribution in [0.3, 0.4) is 0 Å². The van der Waals surface area contributed by atoms with Crippen LogP contribution in [0.1, 0.15) is 6.92 Å². The van der Waals surface area contributed by atoms with Crippen molar-refractivity contribution in [2.45, 2.75) is 11.8 Å². The molecule has 9 nitrogen and oxygen atoms in total. The van der Waals surface area contributed by atoms with Crippen LogP contribution in [0.25, 0.3) is 0 Å². The molecule has 0 saturated heterocycles. The Morgan fingerprint density at radius 3 is 2.15 bits per heavy atom.